The van der Waals surface area contributed by atoms with Gasteiger partial charge in [0.25, 0.3) is 0 Å². The molecule has 1 aromatic heterocycles. The maximum Gasteiger partial charge on any atom is 0.224 e. The van der Waals surface area contributed by atoms with Crippen LogP contribution in [0.4, 0.5) is 0 Å². The molecule has 0 aliphatic carbocycles. The van der Waals surface area contributed by atoms with Crippen molar-refractivity contribution >= 4 is 5.91 Å². The van der Waals surface area contributed by atoms with Gasteiger partial charge in [-0.15, -0.1) is 0 Å². The van der Waals surface area contributed by atoms with E-state index in [2.05, 4.69) is 4.98 Å². The van der Waals surface area contributed by atoms with Crippen molar-refractivity contribution in [1.82, 2.24) is 9.88 Å². The maximum absolute atomic E-state index is 12.3. The van der Waals surface area contributed by atoms with Crippen molar-refractivity contribution in [2.24, 2.45) is 11.7 Å². The smallest absolute Gasteiger partial charge is 0.224 e. The molecule has 2 N–H and O–H groups in total. The van der Waals surface area contributed by atoms with Gasteiger partial charge in [-0.3, -0.25) is 9.78 Å². The summed E-state index contributed by atoms with van der Waals surface area (Å²) in [5, 5.41) is 0. The minimum Gasteiger partial charge on any atom is -0.383 e. The Morgan fingerprint density at radius 1 is 1.45 bits per heavy atom. The molecule has 0 aliphatic rings. The van der Waals surface area contributed by atoms with E-state index in [1.165, 1.54) is 0 Å². The van der Waals surface area contributed by atoms with Crippen molar-refractivity contribution in [2.75, 3.05) is 20.3 Å². The van der Waals surface area contributed by atoms with E-state index in [0.29, 0.717) is 26.1 Å². The number of nitrogens with two attached hydrogens (primary N) is 1. The first-order valence-corrected chi connectivity index (χ1v) is 6.96. The summed E-state index contributed by atoms with van der Waals surface area (Å²) >= 11 is 0. The lowest BCUT2D eigenvalue weighted by atomic mass is 10.0. The van der Waals surface area contributed by atoms with Gasteiger partial charge in [0.2, 0.25) is 5.91 Å². The van der Waals surface area contributed by atoms with Crippen molar-refractivity contribution < 1.29 is 9.53 Å². The predicted molar refractivity (Wildman–Crippen MR) is 79.0 cm³/mol. The molecule has 5 nitrogen and oxygen atoms in total. The summed E-state index contributed by atoms with van der Waals surface area (Å²) < 4.78 is 5.07. The maximum atomic E-state index is 12.3. The fourth-order valence-electron chi connectivity index (χ4n) is 1.75. The number of amides is 1. The number of methoxy groups -OCH3 is 1. The Morgan fingerprint density at radius 2 is 2.20 bits per heavy atom. The number of aromatic nitrogens is 1. The molecule has 0 aromatic carbocycles. The highest BCUT2D eigenvalue weighted by Crippen LogP contribution is 2.08. The monoisotopic (exact) mass is 279 g/mol. The Bertz CT molecular complexity index is 395. The van der Waals surface area contributed by atoms with Gasteiger partial charge in [-0.25, -0.2) is 0 Å². The largest absolute Gasteiger partial charge is 0.383 e. The minimum atomic E-state index is -0.115. The summed E-state index contributed by atoms with van der Waals surface area (Å²) in [6.45, 7) is 5.60. The molecule has 1 atom stereocenters. The van der Waals surface area contributed by atoms with Crippen LogP contribution in [0.3, 0.4) is 0 Å². The number of carbonyl (C=O) groups excluding carboxylic acids is 1. The van der Waals surface area contributed by atoms with Crippen LogP contribution in [0.15, 0.2) is 24.4 Å². The zero-order chi connectivity index (χ0) is 15.0. The van der Waals surface area contributed by atoms with Gasteiger partial charge < -0.3 is 15.4 Å². The van der Waals surface area contributed by atoms with Crippen LogP contribution < -0.4 is 5.73 Å². The third-order valence-electron chi connectivity index (χ3n) is 3.26. The number of pyridine rings is 1. The third kappa shape index (κ3) is 5.67. The zero-order valence-electron chi connectivity index (χ0n) is 12.6. The van der Waals surface area contributed by atoms with Crippen LogP contribution in [0.25, 0.3) is 0 Å². The van der Waals surface area contributed by atoms with Crippen LogP contribution >= 0.6 is 0 Å². The average molecular weight is 279 g/mol. The minimum absolute atomic E-state index is 0.0499. The summed E-state index contributed by atoms with van der Waals surface area (Å²) in [7, 11) is 1.63. The molecule has 0 radical (unpaired) electrons. The van der Waals surface area contributed by atoms with Gasteiger partial charge >= 0.3 is 0 Å². The van der Waals surface area contributed by atoms with E-state index in [0.717, 1.165) is 5.69 Å². The highest BCUT2D eigenvalue weighted by atomic mass is 16.5. The third-order valence-corrected chi connectivity index (χ3v) is 3.26. The number of hydrogen-bond acceptors (Lipinski definition) is 4. The predicted octanol–water partition coefficient (Wildman–Crippen LogP) is 1.43. The van der Waals surface area contributed by atoms with Crippen molar-refractivity contribution in [3.8, 4) is 0 Å². The second kappa shape index (κ2) is 8.66. The summed E-state index contributed by atoms with van der Waals surface area (Å²) in [6, 6.07) is 5.58. The molecule has 1 amide bonds. The Hall–Kier alpha value is -1.46. The van der Waals surface area contributed by atoms with E-state index in [1.54, 1.807) is 18.2 Å². The molecule has 112 valence electrons. The van der Waals surface area contributed by atoms with Crippen LogP contribution in [0.2, 0.25) is 0 Å². The van der Waals surface area contributed by atoms with E-state index in [1.807, 2.05) is 32.0 Å². The van der Waals surface area contributed by atoms with Crippen LogP contribution in [0.1, 0.15) is 26.0 Å². The van der Waals surface area contributed by atoms with Gasteiger partial charge in [-0.1, -0.05) is 19.9 Å². The van der Waals surface area contributed by atoms with Gasteiger partial charge in [0, 0.05) is 32.3 Å². The highest BCUT2D eigenvalue weighted by molar-refractivity contribution is 5.76. The van der Waals surface area contributed by atoms with Crippen molar-refractivity contribution in [3.63, 3.8) is 0 Å². The molecular formula is C15H25N3O2. The fraction of sp³-hybridized carbons (Fsp3) is 0.600. The van der Waals surface area contributed by atoms with E-state index < -0.39 is 0 Å². The molecule has 1 aromatic rings. The summed E-state index contributed by atoms with van der Waals surface area (Å²) in [6.07, 6.45) is 2.09. The molecule has 0 fully saturated rings. The van der Waals surface area contributed by atoms with Crippen molar-refractivity contribution in [1.29, 1.82) is 0 Å². The Kier molecular flexibility index (Phi) is 7.18. The van der Waals surface area contributed by atoms with Crippen LogP contribution in [-0.2, 0) is 16.1 Å². The molecule has 0 saturated carbocycles. The Morgan fingerprint density at radius 3 is 2.75 bits per heavy atom. The first-order chi connectivity index (χ1) is 9.54. The first-order valence-electron chi connectivity index (χ1n) is 6.96. The molecule has 1 rings (SSSR count). The molecular weight excluding hydrogens is 254 g/mol. The molecule has 0 spiro atoms. The van der Waals surface area contributed by atoms with Gasteiger partial charge in [-0.2, -0.15) is 0 Å². The van der Waals surface area contributed by atoms with Crippen LogP contribution in [-0.4, -0.2) is 42.1 Å². The molecule has 0 saturated heterocycles. The zero-order valence-corrected chi connectivity index (χ0v) is 12.6. The number of ether oxygens (including phenoxy) is 1. The summed E-state index contributed by atoms with van der Waals surface area (Å²) in [5.74, 6) is 0.340. The number of rotatable bonds is 8. The Balaban J connectivity index is 2.65. The normalized spacial score (nSPS) is 12.4. The molecule has 1 unspecified atom stereocenters. The standard InChI is InChI=1S/C15H25N3O2/c1-12(2)14(16)10-15(19)18(8-9-20-3)11-13-6-4-5-7-17-13/h4-7,12,14H,8-11,16H2,1-3H3. The molecule has 20 heavy (non-hydrogen) atoms. The van der Waals surface area contributed by atoms with E-state index >= 15 is 0 Å². The lowest BCUT2D eigenvalue weighted by Gasteiger charge is -2.24. The van der Waals surface area contributed by atoms with Crippen LogP contribution in [0, 0.1) is 5.92 Å². The lowest BCUT2D eigenvalue weighted by Crippen LogP contribution is -2.39. The quantitative estimate of drug-likeness (QED) is 0.781. The molecule has 5 heteroatoms. The SMILES string of the molecule is COCCN(Cc1ccccn1)C(=O)CC(N)C(C)C. The second-order valence-electron chi connectivity index (χ2n) is 5.24. The number of hydrogen-bond donors (Lipinski definition) is 1. The summed E-state index contributed by atoms with van der Waals surface area (Å²) in [4.78, 5) is 18.3. The topological polar surface area (TPSA) is 68.5 Å². The molecule has 0 aliphatic heterocycles. The fourth-order valence-corrected chi connectivity index (χ4v) is 1.75. The molecule has 1 heterocycles. The molecule has 0 bridgehead atoms. The van der Waals surface area contributed by atoms with E-state index in [-0.39, 0.29) is 17.9 Å². The average Bonchev–Trinajstić information content (AvgIpc) is 2.44. The van der Waals surface area contributed by atoms with Crippen molar-refractivity contribution in [3.05, 3.63) is 30.1 Å². The number of nitrogens with zero attached hydrogens (tertiary/aromatic N) is 2. The lowest BCUT2D eigenvalue weighted by molar-refractivity contribution is -0.133. The van der Waals surface area contributed by atoms with Gasteiger partial charge in [0.15, 0.2) is 0 Å². The van der Waals surface area contributed by atoms with Crippen molar-refractivity contribution in [2.45, 2.75) is 32.9 Å². The van der Waals surface area contributed by atoms with Gasteiger partial charge in [-0.05, 0) is 18.1 Å². The van der Waals surface area contributed by atoms with Gasteiger partial charge in [0.1, 0.15) is 0 Å². The number of carbonyl (C=O) groups is 1. The van der Waals surface area contributed by atoms with E-state index in [9.17, 15) is 4.79 Å². The van der Waals surface area contributed by atoms with Gasteiger partial charge in [0.05, 0.1) is 18.8 Å². The van der Waals surface area contributed by atoms with E-state index in [4.69, 9.17) is 10.5 Å². The van der Waals surface area contributed by atoms with Crippen LogP contribution in [0.5, 0.6) is 0 Å². The second-order valence-corrected chi connectivity index (χ2v) is 5.24. The summed E-state index contributed by atoms with van der Waals surface area (Å²) in [5.41, 5.74) is 6.85. The first kappa shape index (κ1) is 16.6. The Labute approximate surface area is 121 Å². The highest BCUT2D eigenvalue weighted by Gasteiger charge is 2.19.